The predicted molar refractivity (Wildman–Crippen MR) is 432 cm³/mol. The molecule has 102 heavy (non-hydrogen) atoms. The van der Waals surface area contributed by atoms with Gasteiger partial charge in [-0.25, -0.2) is 0 Å². The van der Waals surface area contributed by atoms with Gasteiger partial charge < -0.3 is 44.4 Å². The minimum atomic E-state index is -0.0263. The van der Waals surface area contributed by atoms with Crippen molar-refractivity contribution >= 4 is 99.8 Å². The second-order valence-electron chi connectivity index (χ2n) is 26.8. The van der Waals surface area contributed by atoms with E-state index in [9.17, 15) is 28.8 Å². The Morgan fingerprint density at radius 3 is 1.02 bits per heavy atom. The number of nitrogens with one attached hydrogen (secondary N) is 3. The number of hydrogen-bond donors (Lipinski definition) is 3. The van der Waals surface area contributed by atoms with Gasteiger partial charge in [-0.05, 0) is 148 Å². The quantitative estimate of drug-likeness (QED) is 0.0209. The summed E-state index contributed by atoms with van der Waals surface area (Å²) in [6, 6.07) is 22.9. The fourth-order valence-corrected chi connectivity index (χ4v) is 15.1. The fourth-order valence-electron chi connectivity index (χ4n) is 8.28. The van der Waals surface area contributed by atoms with Gasteiger partial charge in [0.15, 0.2) is 17.3 Å². The third-order valence-electron chi connectivity index (χ3n) is 13.9. The first-order chi connectivity index (χ1) is 48.8. The summed E-state index contributed by atoms with van der Waals surface area (Å²) in [5.41, 5.74) is 2.04. The molecular formula is C81H123N3O12S6. The average Bonchev–Trinajstić information content (AvgIpc) is 0.907. The Balaban J connectivity index is 0.000000765. The van der Waals surface area contributed by atoms with E-state index in [1.54, 1.807) is 64.8 Å². The lowest BCUT2D eigenvalue weighted by Gasteiger charge is -2.20. The van der Waals surface area contributed by atoms with Crippen molar-refractivity contribution in [2.24, 2.45) is 41.4 Å². The molecule has 0 fully saturated rings. The van der Waals surface area contributed by atoms with Gasteiger partial charge in [-0.1, -0.05) is 169 Å². The van der Waals surface area contributed by atoms with Crippen LogP contribution in [0.1, 0.15) is 225 Å². The van der Waals surface area contributed by atoms with Crippen molar-refractivity contribution in [3.05, 3.63) is 89.5 Å². The van der Waals surface area contributed by atoms with Crippen molar-refractivity contribution in [1.29, 1.82) is 0 Å². The zero-order chi connectivity index (χ0) is 75.7. The van der Waals surface area contributed by atoms with E-state index < -0.39 is 0 Å². The first-order valence-electron chi connectivity index (χ1n) is 36.5. The highest BCUT2D eigenvalue weighted by molar-refractivity contribution is 8.77. The van der Waals surface area contributed by atoms with E-state index in [0.717, 1.165) is 59.6 Å². The molecule has 0 heterocycles. The molecule has 0 aliphatic heterocycles. The van der Waals surface area contributed by atoms with Crippen LogP contribution >= 0.6 is 64.8 Å². The number of rotatable bonds is 50. The minimum absolute atomic E-state index is 0.00505. The summed E-state index contributed by atoms with van der Waals surface area (Å²) in [6.45, 7) is 38.6. The molecule has 0 aliphatic carbocycles. The highest BCUT2D eigenvalue weighted by atomic mass is 33.1. The first kappa shape index (κ1) is 95.6. The molecule has 15 nitrogen and oxygen atoms in total. The Morgan fingerprint density at radius 2 is 0.706 bits per heavy atom. The molecule has 3 unspecified atom stereocenters. The van der Waals surface area contributed by atoms with Gasteiger partial charge in [-0.3, -0.25) is 28.8 Å². The minimum Gasteiger partial charge on any atom is -0.371 e. The number of ether oxygens (including phenoxy) is 6. The topological polar surface area (TPSA) is 194 Å². The highest BCUT2D eigenvalue weighted by Gasteiger charge is 2.18. The molecule has 3 N–H and O–H groups in total. The Hall–Kier alpha value is -4.38. The van der Waals surface area contributed by atoms with Crippen molar-refractivity contribution in [3.63, 3.8) is 0 Å². The Kier molecular flexibility index (Phi) is 57.9. The summed E-state index contributed by atoms with van der Waals surface area (Å²) in [6.07, 6.45) is 10.3. The summed E-state index contributed by atoms with van der Waals surface area (Å²) in [5.74, 6) is 21.6. The van der Waals surface area contributed by atoms with Crippen LogP contribution in [0.4, 0.5) is 0 Å². The summed E-state index contributed by atoms with van der Waals surface area (Å²) in [5, 5.41) is 8.94. The van der Waals surface area contributed by atoms with Crippen LogP contribution in [0, 0.1) is 76.9 Å². The van der Waals surface area contributed by atoms with E-state index in [2.05, 4.69) is 114 Å². The van der Waals surface area contributed by atoms with Gasteiger partial charge in [0.1, 0.15) is 36.1 Å². The number of amides is 3. The van der Waals surface area contributed by atoms with Crippen LogP contribution in [0.2, 0.25) is 0 Å². The third-order valence-corrected chi connectivity index (χ3v) is 22.2. The Morgan fingerprint density at radius 1 is 0.392 bits per heavy atom. The summed E-state index contributed by atoms with van der Waals surface area (Å²) in [7, 11) is 9.77. The summed E-state index contributed by atoms with van der Waals surface area (Å²) >= 11 is 0. The Bertz CT molecular complexity index is 2950. The molecule has 3 atom stereocenters. The maximum atomic E-state index is 12.3. The standard InChI is InChI=1S/C28H43NO4S2.C27H41NO4S2.C26H39NO4S2/c1-21(2)10-7-8-12-25(30)20-32-18-19-33-28(23(5)6)35-34-26-15-13-24(14-16-26)27(31)29-17-9-11-22(3)4;1-6-26(32-19-18-31-20-24(29)12-8-7-10-21(2)3)34-33-25-15-13-23(14-16-25)27(30)28-17-9-11-22(4)5;1-20(2)9-6-7-11-24(28)19-30-17-18-31-22(5)32-33-25-14-12-23(13-15-25)26(29)27-16-8-10-21(3)4/h13-16,21-23,28H,8-9,11-12,17-20H2,1-6H3,(H,29,31);13-16,21-22,26H,6,8-9,11-12,17-20H2,1-5H3,(H,28,30);12-15,20-22H,7-8,10-11,16-19H2,1-5H3,(H,27,29). The van der Waals surface area contributed by atoms with Crippen molar-refractivity contribution in [2.45, 2.75) is 225 Å². The maximum absolute atomic E-state index is 12.3. The first-order valence-corrected chi connectivity index (χ1v) is 43.1. The lowest BCUT2D eigenvalue weighted by molar-refractivity contribution is -0.124. The SMILES string of the molecule is CC(C)C#CCCC(=O)COCCOC(C)SSc1ccc(C(=O)NCCCC(C)C)cc1.CC(C)C#CCCC(=O)COCCOC(SSc1ccc(C(=O)NCCCC(C)C)cc1)C(C)C.CCC(OCCOCC(=O)CCC#CC(C)C)SSc1ccc(C(=O)NCCCC(C)C)cc1. The molecule has 0 bridgehead atoms. The van der Waals surface area contributed by atoms with Gasteiger partial charge in [-0.15, -0.1) is 35.5 Å². The van der Waals surface area contributed by atoms with Crippen LogP contribution in [-0.4, -0.2) is 130 Å². The van der Waals surface area contributed by atoms with Crippen LogP contribution in [0.25, 0.3) is 0 Å². The predicted octanol–water partition coefficient (Wildman–Crippen LogP) is 19.0. The molecule has 3 aromatic rings. The normalized spacial score (nSPS) is 11.9. The largest absolute Gasteiger partial charge is 0.371 e. The highest BCUT2D eigenvalue weighted by Crippen LogP contribution is 2.39. The molecule has 3 amide bonds. The zero-order valence-electron chi connectivity index (χ0n) is 64.2. The molecule has 0 aliphatic rings. The molecule has 3 aromatic carbocycles. The number of Topliss-reactive ketones (excluding diaryl/α,β-unsaturated/α-hetero) is 3. The summed E-state index contributed by atoms with van der Waals surface area (Å²) < 4.78 is 33.9. The van der Waals surface area contributed by atoms with Crippen LogP contribution in [-0.2, 0) is 42.8 Å². The third kappa shape index (κ3) is 55.1. The number of ketones is 3. The van der Waals surface area contributed by atoms with E-state index in [4.69, 9.17) is 28.4 Å². The van der Waals surface area contributed by atoms with E-state index >= 15 is 0 Å². The van der Waals surface area contributed by atoms with Crippen molar-refractivity contribution < 1.29 is 57.2 Å². The maximum Gasteiger partial charge on any atom is 0.251 e. The zero-order valence-corrected chi connectivity index (χ0v) is 69.1. The monoisotopic (exact) mass is 1520 g/mol. The lowest BCUT2D eigenvalue weighted by atomic mass is 10.1. The van der Waals surface area contributed by atoms with Gasteiger partial charge >= 0.3 is 0 Å². The second-order valence-corrected chi connectivity index (χ2v) is 34.2. The Labute approximate surface area is 639 Å². The molecular weight excluding hydrogens is 1400 g/mol. The molecule has 0 saturated heterocycles. The van der Waals surface area contributed by atoms with Gasteiger partial charge in [-0.2, -0.15) is 0 Å². The molecule has 21 heteroatoms. The van der Waals surface area contributed by atoms with Crippen LogP contribution in [0.15, 0.2) is 87.5 Å². The van der Waals surface area contributed by atoms with Crippen molar-refractivity contribution in [2.75, 3.05) is 79.1 Å². The number of hydrogen-bond acceptors (Lipinski definition) is 18. The van der Waals surface area contributed by atoms with E-state index in [-0.39, 0.29) is 71.2 Å². The molecule has 3 rings (SSSR count). The van der Waals surface area contributed by atoms with Gasteiger partial charge in [0.05, 0.1) is 39.6 Å². The number of carbonyl (C=O) groups excluding carboxylic acids is 6. The van der Waals surface area contributed by atoms with Crippen LogP contribution < -0.4 is 16.0 Å². The molecule has 0 spiro atoms. The average molecular weight is 1520 g/mol. The lowest BCUT2D eigenvalue weighted by Crippen LogP contribution is -2.24. The van der Waals surface area contributed by atoms with Crippen LogP contribution in [0.5, 0.6) is 0 Å². The fraction of sp³-hybridized carbons (Fsp3) is 0.630. The molecule has 0 aromatic heterocycles. The molecule has 0 saturated carbocycles. The second kappa shape index (κ2) is 61.7. The van der Waals surface area contributed by atoms with E-state index in [1.165, 1.54) is 0 Å². The smallest absolute Gasteiger partial charge is 0.251 e. The van der Waals surface area contributed by atoms with Gasteiger partial charge in [0, 0.05) is 107 Å². The molecule has 570 valence electrons. The van der Waals surface area contributed by atoms with Crippen LogP contribution in [0.3, 0.4) is 0 Å². The van der Waals surface area contributed by atoms with E-state index in [1.807, 2.05) is 121 Å². The van der Waals surface area contributed by atoms with E-state index in [0.29, 0.717) is 156 Å². The summed E-state index contributed by atoms with van der Waals surface area (Å²) in [4.78, 5) is 75.3. The van der Waals surface area contributed by atoms with Crippen molar-refractivity contribution in [3.8, 4) is 35.5 Å². The number of benzene rings is 3. The molecule has 0 radical (unpaired) electrons. The van der Waals surface area contributed by atoms with Crippen molar-refractivity contribution in [1.82, 2.24) is 16.0 Å². The van der Waals surface area contributed by atoms with Gasteiger partial charge in [0.2, 0.25) is 0 Å². The van der Waals surface area contributed by atoms with Gasteiger partial charge in [0.25, 0.3) is 17.7 Å². The number of carbonyl (C=O) groups is 6.